The Hall–Kier alpha value is -1.85. The molecule has 98 valence electrons. The Kier molecular flexibility index (Phi) is 3.11. The van der Waals surface area contributed by atoms with E-state index in [0.717, 1.165) is 17.7 Å². The summed E-state index contributed by atoms with van der Waals surface area (Å²) in [6.45, 7) is 6.27. The predicted octanol–water partition coefficient (Wildman–Crippen LogP) is 1.09. The van der Waals surface area contributed by atoms with Crippen LogP contribution in [0.2, 0.25) is 0 Å². The first-order valence-electron chi connectivity index (χ1n) is 6.09. The molecule has 6 nitrogen and oxygen atoms in total. The summed E-state index contributed by atoms with van der Waals surface area (Å²) < 4.78 is 0. The van der Waals surface area contributed by atoms with Crippen molar-refractivity contribution in [2.24, 2.45) is 5.92 Å². The van der Waals surface area contributed by atoms with Crippen LogP contribution in [-0.2, 0) is 11.3 Å². The highest BCUT2D eigenvalue weighted by molar-refractivity contribution is 5.75. The molecule has 0 bridgehead atoms. The van der Waals surface area contributed by atoms with E-state index in [1.807, 2.05) is 0 Å². The highest BCUT2D eigenvalue weighted by Crippen LogP contribution is 2.38. The van der Waals surface area contributed by atoms with Crippen molar-refractivity contribution in [1.82, 2.24) is 14.9 Å². The smallest absolute Gasteiger partial charge is 0.222 e. The second kappa shape index (κ2) is 4.44. The molecular formula is C12H19N5O. The second-order valence-corrected chi connectivity index (χ2v) is 5.12. The molecule has 1 aliphatic heterocycles. The fraction of sp³-hybridized carbons (Fsp3) is 0.583. The maximum Gasteiger partial charge on any atom is 0.222 e. The SMILES string of the molecule is CC(=O)N1Cc2c(N)nc(N)nc2C1CC(C)C. The van der Waals surface area contributed by atoms with Crippen LogP contribution in [0.25, 0.3) is 0 Å². The number of amides is 1. The number of nitrogens with two attached hydrogens (primary N) is 2. The average molecular weight is 249 g/mol. The molecule has 0 saturated heterocycles. The molecular weight excluding hydrogens is 230 g/mol. The zero-order valence-electron chi connectivity index (χ0n) is 11.0. The number of carbonyl (C=O) groups excluding carboxylic acids is 1. The van der Waals surface area contributed by atoms with E-state index < -0.39 is 0 Å². The number of carbonyl (C=O) groups is 1. The van der Waals surface area contributed by atoms with Gasteiger partial charge in [0, 0.05) is 12.5 Å². The first kappa shape index (κ1) is 12.6. The molecule has 1 aromatic heterocycles. The number of fused-ring (bicyclic) bond motifs is 1. The monoisotopic (exact) mass is 249 g/mol. The lowest BCUT2D eigenvalue weighted by atomic mass is 10.0. The molecule has 1 aliphatic rings. The lowest BCUT2D eigenvalue weighted by molar-refractivity contribution is -0.131. The molecule has 0 fully saturated rings. The third kappa shape index (κ3) is 2.10. The van der Waals surface area contributed by atoms with Crippen LogP contribution in [0, 0.1) is 5.92 Å². The summed E-state index contributed by atoms with van der Waals surface area (Å²) in [6, 6.07) is -0.0369. The summed E-state index contributed by atoms with van der Waals surface area (Å²) >= 11 is 0. The highest BCUT2D eigenvalue weighted by atomic mass is 16.2. The molecule has 4 N–H and O–H groups in total. The fourth-order valence-corrected chi connectivity index (χ4v) is 2.42. The van der Waals surface area contributed by atoms with Crippen molar-refractivity contribution < 1.29 is 4.79 Å². The van der Waals surface area contributed by atoms with Gasteiger partial charge >= 0.3 is 0 Å². The summed E-state index contributed by atoms with van der Waals surface area (Å²) in [7, 11) is 0. The van der Waals surface area contributed by atoms with Crippen molar-refractivity contribution in [3.63, 3.8) is 0 Å². The Balaban J connectivity index is 2.45. The van der Waals surface area contributed by atoms with Crippen molar-refractivity contribution in [2.45, 2.75) is 39.8 Å². The van der Waals surface area contributed by atoms with Gasteiger partial charge in [-0.3, -0.25) is 4.79 Å². The third-order valence-corrected chi connectivity index (χ3v) is 3.21. The second-order valence-electron chi connectivity index (χ2n) is 5.12. The number of hydrogen-bond donors (Lipinski definition) is 2. The number of anilines is 2. The summed E-state index contributed by atoms with van der Waals surface area (Å²) in [6.07, 6.45) is 0.850. The number of aromatic nitrogens is 2. The number of rotatable bonds is 2. The standard InChI is InChI=1S/C12H19N5O/c1-6(2)4-9-10-8(5-17(9)7(3)18)11(13)16-12(14)15-10/h6,9H,4-5H2,1-3H3,(H4,13,14,15,16). The molecule has 0 radical (unpaired) electrons. The lowest BCUT2D eigenvalue weighted by Gasteiger charge is -2.24. The average Bonchev–Trinajstić information content (AvgIpc) is 2.57. The van der Waals surface area contributed by atoms with Crippen LogP contribution >= 0.6 is 0 Å². The van der Waals surface area contributed by atoms with Gasteiger partial charge in [-0.05, 0) is 12.3 Å². The minimum atomic E-state index is -0.0369. The maximum atomic E-state index is 11.7. The largest absolute Gasteiger partial charge is 0.383 e. The Morgan fingerprint density at radius 2 is 2.11 bits per heavy atom. The first-order valence-corrected chi connectivity index (χ1v) is 6.09. The summed E-state index contributed by atoms with van der Waals surface area (Å²) in [5.74, 6) is 1.04. The van der Waals surface area contributed by atoms with Gasteiger partial charge < -0.3 is 16.4 Å². The molecule has 1 amide bonds. The Morgan fingerprint density at radius 3 is 2.67 bits per heavy atom. The molecule has 1 atom stereocenters. The zero-order chi connectivity index (χ0) is 13.4. The van der Waals surface area contributed by atoms with Gasteiger partial charge in [-0.1, -0.05) is 13.8 Å². The highest BCUT2D eigenvalue weighted by Gasteiger charge is 2.35. The molecule has 0 aliphatic carbocycles. The molecule has 2 heterocycles. The van der Waals surface area contributed by atoms with Gasteiger partial charge in [0.15, 0.2) is 0 Å². The van der Waals surface area contributed by atoms with E-state index >= 15 is 0 Å². The van der Waals surface area contributed by atoms with Crippen LogP contribution in [-0.4, -0.2) is 20.8 Å². The van der Waals surface area contributed by atoms with Crippen LogP contribution in [0.3, 0.4) is 0 Å². The van der Waals surface area contributed by atoms with Crippen LogP contribution in [0.1, 0.15) is 44.5 Å². The number of nitrogens with zero attached hydrogens (tertiary/aromatic N) is 3. The van der Waals surface area contributed by atoms with E-state index in [1.165, 1.54) is 0 Å². The predicted molar refractivity (Wildman–Crippen MR) is 69.3 cm³/mol. The molecule has 0 saturated carbocycles. The molecule has 0 aromatic carbocycles. The van der Waals surface area contributed by atoms with E-state index in [1.54, 1.807) is 11.8 Å². The Bertz CT molecular complexity index is 486. The van der Waals surface area contributed by atoms with Crippen molar-refractivity contribution in [1.29, 1.82) is 0 Å². The van der Waals surface area contributed by atoms with Gasteiger partial charge in [0.2, 0.25) is 11.9 Å². The molecule has 1 aromatic rings. The molecule has 2 rings (SSSR count). The van der Waals surface area contributed by atoms with E-state index in [2.05, 4.69) is 23.8 Å². The van der Waals surface area contributed by atoms with Crippen LogP contribution in [0.15, 0.2) is 0 Å². The molecule has 6 heteroatoms. The normalized spacial score (nSPS) is 18.2. The van der Waals surface area contributed by atoms with Gasteiger partial charge in [-0.25, -0.2) is 4.98 Å². The molecule has 18 heavy (non-hydrogen) atoms. The van der Waals surface area contributed by atoms with Gasteiger partial charge in [0.05, 0.1) is 18.3 Å². The number of nitrogen functional groups attached to an aromatic ring is 2. The van der Waals surface area contributed by atoms with Crippen molar-refractivity contribution >= 4 is 17.7 Å². The third-order valence-electron chi connectivity index (χ3n) is 3.21. The van der Waals surface area contributed by atoms with E-state index in [0.29, 0.717) is 18.3 Å². The lowest BCUT2D eigenvalue weighted by Crippen LogP contribution is -2.28. The number of hydrogen-bond acceptors (Lipinski definition) is 5. The minimum Gasteiger partial charge on any atom is -0.383 e. The summed E-state index contributed by atoms with van der Waals surface area (Å²) in [5, 5.41) is 0. The van der Waals surface area contributed by atoms with Crippen molar-refractivity contribution in [2.75, 3.05) is 11.5 Å². The molecule has 0 spiro atoms. The van der Waals surface area contributed by atoms with E-state index in [-0.39, 0.29) is 17.9 Å². The molecule has 1 unspecified atom stereocenters. The Labute approximate surface area is 106 Å². The first-order chi connectivity index (χ1) is 8.40. The Morgan fingerprint density at radius 1 is 1.44 bits per heavy atom. The van der Waals surface area contributed by atoms with Crippen LogP contribution in [0.4, 0.5) is 11.8 Å². The van der Waals surface area contributed by atoms with E-state index in [9.17, 15) is 4.79 Å². The minimum absolute atomic E-state index is 0.0246. The zero-order valence-corrected chi connectivity index (χ0v) is 11.0. The quantitative estimate of drug-likeness (QED) is 0.817. The fourth-order valence-electron chi connectivity index (χ4n) is 2.42. The van der Waals surface area contributed by atoms with E-state index in [4.69, 9.17) is 11.5 Å². The van der Waals surface area contributed by atoms with Gasteiger partial charge in [0.25, 0.3) is 0 Å². The maximum absolute atomic E-state index is 11.7. The van der Waals surface area contributed by atoms with Crippen LogP contribution < -0.4 is 11.5 Å². The van der Waals surface area contributed by atoms with Crippen LogP contribution in [0.5, 0.6) is 0 Å². The van der Waals surface area contributed by atoms with Gasteiger partial charge in [0.1, 0.15) is 5.82 Å². The topological polar surface area (TPSA) is 98.1 Å². The summed E-state index contributed by atoms with van der Waals surface area (Å²) in [5.41, 5.74) is 13.1. The summed E-state index contributed by atoms with van der Waals surface area (Å²) in [4.78, 5) is 21.7. The van der Waals surface area contributed by atoms with Gasteiger partial charge in [-0.15, -0.1) is 0 Å². The van der Waals surface area contributed by atoms with Crippen molar-refractivity contribution in [3.05, 3.63) is 11.3 Å². The van der Waals surface area contributed by atoms with Gasteiger partial charge in [-0.2, -0.15) is 4.98 Å². The van der Waals surface area contributed by atoms with Crippen molar-refractivity contribution in [3.8, 4) is 0 Å².